The number of fused-ring (bicyclic) bond motifs is 14. The van der Waals surface area contributed by atoms with Gasteiger partial charge >= 0.3 is 0 Å². The van der Waals surface area contributed by atoms with Crippen molar-refractivity contribution < 1.29 is 4.42 Å². The van der Waals surface area contributed by atoms with Crippen molar-refractivity contribution in [2.45, 2.75) is 19.3 Å². The molecule has 35 heavy (non-hydrogen) atoms. The maximum Gasteiger partial charge on any atom is 0.136 e. The Bertz CT molecular complexity index is 2190. The summed E-state index contributed by atoms with van der Waals surface area (Å²) in [6.07, 6.45) is 0. The monoisotopic (exact) mass is 447 g/mol. The van der Waals surface area contributed by atoms with Crippen LogP contribution in [0, 0.1) is 0 Å². The average Bonchev–Trinajstić information content (AvgIpc) is 3.58. The van der Waals surface area contributed by atoms with Crippen molar-refractivity contribution in [3.8, 4) is 11.1 Å². The van der Waals surface area contributed by atoms with Gasteiger partial charge < -0.3 is 8.82 Å². The zero-order valence-electron chi connectivity index (χ0n) is 19.5. The lowest BCUT2D eigenvalue weighted by molar-refractivity contribution is 0.666. The molecule has 0 bridgehead atoms. The van der Waals surface area contributed by atoms with E-state index in [1.807, 2.05) is 0 Å². The molecule has 3 heterocycles. The summed E-state index contributed by atoms with van der Waals surface area (Å²) in [6.45, 7) is 4.75. The molecule has 5 aromatic carbocycles. The van der Waals surface area contributed by atoms with Gasteiger partial charge in [-0.05, 0) is 46.5 Å². The highest BCUT2D eigenvalue weighted by Gasteiger charge is 2.38. The van der Waals surface area contributed by atoms with E-state index in [0.29, 0.717) is 0 Å². The minimum atomic E-state index is -0.0771. The van der Waals surface area contributed by atoms with Crippen molar-refractivity contribution in [1.82, 2.24) is 4.40 Å². The normalized spacial score (nSPS) is 14.8. The highest BCUT2D eigenvalue weighted by molar-refractivity contribution is 6.35. The summed E-state index contributed by atoms with van der Waals surface area (Å²) in [5, 5.41) is 7.64. The Hall–Kier alpha value is -4.30. The SMILES string of the molecule is CC1(C)c2ccccc2-c2ccc3c(c21)c1cc2oc4ccccc4c2c2c4ccccc4n3c12. The molecule has 3 aromatic heterocycles. The third-order valence-electron chi connectivity index (χ3n) is 8.49. The summed E-state index contributed by atoms with van der Waals surface area (Å²) in [5.74, 6) is 0. The number of benzene rings is 5. The van der Waals surface area contributed by atoms with E-state index < -0.39 is 0 Å². The number of hydrogen-bond acceptors (Lipinski definition) is 1. The van der Waals surface area contributed by atoms with Crippen molar-refractivity contribution in [1.29, 1.82) is 0 Å². The summed E-state index contributed by atoms with van der Waals surface area (Å²) in [4.78, 5) is 0. The Balaban J connectivity index is 1.62. The quantitative estimate of drug-likeness (QED) is 0.227. The van der Waals surface area contributed by atoms with E-state index in [0.717, 1.165) is 11.2 Å². The van der Waals surface area contributed by atoms with E-state index in [2.05, 4.69) is 109 Å². The van der Waals surface area contributed by atoms with Crippen LogP contribution in [0.4, 0.5) is 0 Å². The number of hydrogen-bond donors (Lipinski definition) is 0. The fourth-order valence-electron chi connectivity index (χ4n) is 7.13. The smallest absolute Gasteiger partial charge is 0.136 e. The third-order valence-corrected chi connectivity index (χ3v) is 8.49. The molecule has 9 rings (SSSR count). The van der Waals surface area contributed by atoms with Gasteiger partial charge in [0.1, 0.15) is 11.2 Å². The maximum absolute atomic E-state index is 6.48. The topological polar surface area (TPSA) is 17.6 Å². The largest absolute Gasteiger partial charge is 0.456 e. The van der Waals surface area contributed by atoms with Crippen LogP contribution in [0.2, 0.25) is 0 Å². The first-order chi connectivity index (χ1) is 17.1. The fraction of sp³-hybridized carbons (Fsp3) is 0.0909. The molecule has 0 aliphatic heterocycles. The molecule has 1 aliphatic carbocycles. The standard InChI is InChI=1S/C33H21NO/c1-33(2)23-12-6-3-9-18(23)19-15-16-25-28(31(19)33)22-17-27-29(21-11-5-8-14-26(21)35-27)30-20-10-4-7-13-24(20)34(25)32(22)30/h3-17H,1-2H3. The van der Waals surface area contributed by atoms with Crippen molar-refractivity contribution >= 4 is 60.0 Å². The molecule has 0 radical (unpaired) electrons. The van der Waals surface area contributed by atoms with E-state index in [1.54, 1.807) is 0 Å². The third kappa shape index (κ3) is 1.89. The molecular formula is C33H21NO. The Labute approximate surface area is 201 Å². The Morgan fingerprint density at radius 2 is 1.37 bits per heavy atom. The van der Waals surface area contributed by atoms with Gasteiger partial charge in [-0.25, -0.2) is 0 Å². The van der Waals surface area contributed by atoms with Gasteiger partial charge in [-0.3, -0.25) is 0 Å². The number of aromatic nitrogens is 1. The van der Waals surface area contributed by atoms with Gasteiger partial charge in [0.25, 0.3) is 0 Å². The molecule has 0 N–H and O–H groups in total. The van der Waals surface area contributed by atoms with Crippen LogP contribution < -0.4 is 0 Å². The summed E-state index contributed by atoms with van der Waals surface area (Å²) >= 11 is 0. The second-order valence-corrected chi connectivity index (χ2v) is 10.5. The number of para-hydroxylation sites is 2. The molecule has 164 valence electrons. The van der Waals surface area contributed by atoms with Gasteiger partial charge in [-0.1, -0.05) is 80.6 Å². The van der Waals surface area contributed by atoms with Gasteiger partial charge in [0.05, 0.1) is 16.6 Å². The van der Waals surface area contributed by atoms with Crippen LogP contribution in [0.15, 0.2) is 95.4 Å². The van der Waals surface area contributed by atoms with Gasteiger partial charge in [0, 0.05) is 37.7 Å². The van der Waals surface area contributed by atoms with Gasteiger partial charge in [-0.15, -0.1) is 0 Å². The lowest BCUT2D eigenvalue weighted by Crippen LogP contribution is -2.15. The molecule has 0 amide bonds. The number of nitrogens with zero attached hydrogens (tertiary/aromatic N) is 1. The van der Waals surface area contributed by atoms with Crippen molar-refractivity contribution in [3.05, 3.63) is 102 Å². The average molecular weight is 448 g/mol. The highest BCUT2D eigenvalue weighted by Crippen LogP contribution is 2.54. The van der Waals surface area contributed by atoms with Crippen molar-refractivity contribution in [3.63, 3.8) is 0 Å². The molecule has 2 heteroatoms. The van der Waals surface area contributed by atoms with Crippen molar-refractivity contribution in [2.75, 3.05) is 0 Å². The molecule has 2 nitrogen and oxygen atoms in total. The van der Waals surface area contributed by atoms with Gasteiger partial charge in [0.2, 0.25) is 0 Å². The van der Waals surface area contributed by atoms with Gasteiger partial charge in [0.15, 0.2) is 0 Å². The fourth-order valence-corrected chi connectivity index (χ4v) is 7.13. The first-order valence-electron chi connectivity index (χ1n) is 12.3. The van der Waals surface area contributed by atoms with Crippen LogP contribution in [-0.4, -0.2) is 4.40 Å². The van der Waals surface area contributed by atoms with Crippen molar-refractivity contribution in [2.24, 2.45) is 0 Å². The second-order valence-electron chi connectivity index (χ2n) is 10.5. The van der Waals surface area contributed by atoms with Crippen LogP contribution in [0.3, 0.4) is 0 Å². The Morgan fingerprint density at radius 1 is 0.600 bits per heavy atom. The number of furan rings is 1. The Morgan fingerprint density at radius 3 is 2.29 bits per heavy atom. The maximum atomic E-state index is 6.48. The summed E-state index contributed by atoms with van der Waals surface area (Å²) in [7, 11) is 0. The summed E-state index contributed by atoms with van der Waals surface area (Å²) in [5.41, 5.74) is 11.2. The summed E-state index contributed by atoms with van der Waals surface area (Å²) < 4.78 is 8.98. The van der Waals surface area contributed by atoms with E-state index in [1.165, 1.54) is 71.1 Å². The lowest BCUT2D eigenvalue weighted by Gasteiger charge is -2.22. The molecule has 0 spiro atoms. The van der Waals surface area contributed by atoms with E-state index in [-0.39, 0.29) is 5.41 Å². The van der Waals surface area contributed by atoms with Gasteiger partial charge in [-0.2, -0.15) is 0 Å². The molecule has 0 fully saturated rings. The van der Waals surface area contributed by atoms with E-state index in [4.69, 9.17) is 4.42 Å². The van der Waals surface area contributed by atoms with Crippen LogP contribution >= 0.6 is 0 Å². The zero-order chi connectivity index (χ0) is 23.1. The molecule has 0 saturated heterocycles. The van der Waals surface area contributed by atoms with Crippen LogP contribution in [0.5, 0.6) is 0 Å². The molecule has 1 aliphatic rings. The second kappa shape index (κ2) is 5.67. The van der Waals surface area contributed by atoms with Crippen LogP contribution in [-0.2, 0) is 5.41 Å². The molecule has 0 unspecified atom stereocenters. The Kier molecular flexibility index (Phi) is 2.93. The lowest BCUT2D eigenvalue weighted by atomic mass is 9.80. The van der Waals surface area contributed by atoms with E-state index >= 15 is 0 Å². The first kappa shape index (κ1) is 18.1. The minimum Gasteiger partial charge on any atom is -0.456 e. The predicted octanol–water partition coefficient (Wildman–Crippen LogP) is 9.04. The zero-order valence-corrected chi connectivity index (χ0v) is 19.5. The molecule has 8 aromatic rings. The molecular weight excluding hydrogens is 426 g/mol. The summed E-state index contributed by atoms with van der Waals surface area (Å²) in [6, 6.07) is 33.1. The van der Waals surface area contributed by atoms with E-state index in [9.17, 15) is 0 Å². The predicted molar refractivity (Wildman–Crippen MR) is 146 cm³/mol. The number of rotatable bonds is 0. The molecule has 0 saturated carbocycles. The molecule has 0 atom stereocenters. The van der Waals surface area contributed by atoms with Crippen LogP contribution in [0.1, 0.15) is 25.0 Å². The minimum absolute atomic E-state index is 0.0771. The first-order valence-corrected chi connectivity index (χ1v) is 12.3. The van der Waals surface area contributed by atoms with Crippen LogP contribution in [0.25, 0.3) is 71.2 Å². The highest BCUT2D eigenvalue weighted by atomic mass is 16.3.